The predicted octanol–water partition coefficient (Wildman–Crippen LogP) is 17.9. The van der Waals surface area contributed by atoms with E-state index in [1.165, 1.54) is 103 Å². The second kappa shape index (κ2) is 16.3. The average molecular weight is 873 g/mol. The summed E-state index contributed by atoms with van der Waals surface area (Å²) in [5.41, 5.74) is 15.8. The average Bonchev–Trinajstić information content (AvgIpc) is 3.96. The largest absolute Gasteiger partial charge is 0.334 e. The molecule has 2 nitrogen and oxygen atoms in total. The summed E-state index contributed by atoms with van der Waals surface area (Å²) in [5, 5.41) is 7.68. The molecule has 0 radical (unpaired) electrons. The number of allylic oxidation sites excluding steroid dienone is 2. The summed E-state index contributed by atoms with van der Waals surface area (Å²) in [7, 11) is 0. The van der Waals surface area contributed by atoms with Gasteiger partial charge in [0, 0.05) is 37.6 Å². The number of anilines is 2. The van der Waals surface area contributed by atoms with E-state index in [0.29, 0.717) is 0 Å². The van der Waals surface area contributed by atoms with E-state index in [1.54, 1.807) is 0 Å². The molecule has 1 atom stereocenters. The van der Waals surface area contributed by atoms with Crippen LogP contribution >= 0.6 is 11.3 Å². The zero-order chi connectivity index (χ0) is 44.3. The molecule has 0 aliphatic heterocycles. The minimum atomic E-state index is 0.107. The Labute approximate surface area is 394 Å². The van der Waals surface area contributed by atoms with Gasteiger partial charge < -0.3 is 9.47 Å². The summed E-state index contributed by atoms with van der Waals surface area (Å²) in [6.07, 6.45) is 8.01. The lowest BCUT2D eigenvalue weighted by molar-refractivity contribution is 0.787. The molecule has 1 unspecified atom stereocenters. The highest BCUT2D eigenvalue weighted by Crippen LogP contribution is 2.44. The number of fused-ring (bicyclic) bond motifs is 7. The summed E-state index contributed by atoms with van der Waals surface area (Å²) in [6.45, 7) is 0. The van der Waals surface area contributed by atoms with Crippen molar-refractivity contribution in [1.29, 1.82) is 0 Å². The Bertz CT molecular complexity index is 3880. The summed E-state index contributed by atoms with van der Waals surface area (Å²) in [6, 6.07) is 84.7. The highest BCUT2D eigenvalue weighted by atomic mass is 32.1. The van der Waals surface area contributed by atoms with Crippen LogP contribution in [0, 0.1) is 0 Å². The molecule has 0 fully saturated rings. The van der Waals surface area contributed by atoms with Crippen molar-refractivity contribution in [3.63, 3.8) is 0 Å². The molecule has 0 spiro atoms. The molecule has 0 amide bonds. The van der Waals surface area contributed by atoms with Gasteiger partial charge in [0.05, 0.1) is 27.5 Å². The van der Waals surface area contributed by atoms with Crippen LogP contribution in [0.4, 0.5) is 11.4 Å². The number of rotatable bonds is 8. The Morgan fingerprint density at radius 3 is 1.91 bits per heavy atom. The van der Waals surface area contributed by atoms with E-state index in [1.807, 2.05) is 11.3 Å². The first-order valence-corrected chi connectivity index (χ1v) is 24.0. The molecule has 10 aromatic carbocycles. The maximum absolute atomic E-state index is 2.53. The van der Waals surface area contributed by atoms with Crippen LogP contribution in [0.2, 0.25) is 0 Å². The van der Waals surface area contributed by atoms with Crippen LogP contribution in [0.15, 0.2) is 249 Å². The molecule has 316 valence electrons. The van der Waals surface area contributed by atoms with Crippen molar-refractivity contribution in [2.45, 2.75) is 12.5 Å². The van der Waals surface area contributed by atoms with Gasteiger partial charge in [-0.2, -0.15) is 0 Å². The van der Waals surface area contributed by atoms with Crippen molar-refractivity contribution < 1.29 is 0 Å². The first kappa shape index (κ1) is 39.2. The normalized spacial score (nSPS) is 13.8. The third kappa shape index (κ3) is 6.78. The summed E-state index contributed by atoms with van der Waals surface area (Å²) >= 11 is 1.88. The number of hydrogen-bond donors (Lipinski definition) is 0. The van der Waals surface area contributed by atoms with Crippen LogP contribution < -0.4 is 4.90 Å². The number of benzene rings is 10. The zero-order valence-electron chi connectivity index (χ0n) is 36.8. The molecule has 12 aromatic rings. The summed E-state index contributed by atoms with van der Waals surface area (Å²) in [5.74, 6) is 0. The summed E-state index contributed by atoms with van der Waals surface area (Å²) < 4.78 is 5.11. The molecule has 67 heavy (non-hydrogen) atoms. The van der Waals surface area contributed by atoms with Crippen molar-refractivity contribution in [2.75, 3.05) is 4.90 Å². The van der Waals surface area contributed by atoms with Crippen molar-refractivity contribution in [1.82, 2.24) is 4.57 Å². The number of thiophene rings is 1. The van der Waals surface area contributed by atoms with E-state index in [2.05, 4.69) is 258 Å². The molecular weight excluding hydrogens is 829 g/mol. The molecule has 0 bridgehead atoms. The molecular formula is C64H44N2S. The third-order valence-electron chi connectivity index (χ3n) is 13.7. The van der Waals surface area contributed by atoms with Gasteiger partial charge >= 0.3 is 0 Å². The lowest BCUT2D eigenvalue weighted by Gasteiger charge is -2.33. The van der Waals surface area contributed by atoms with Crippen molar-refractivity contribution >= 4 is 81.0 Å². The van der Waals surface area contributed by atoms with Crippen LogP contribution in [-0.4, -0.2) is 10.6 Å². The molecule has 2 aromatic heterocycles. The van der Waals surface area contributed by atoms with Gasteiger partial charge in [-0.15, -0.1) is 11.3 Å². The van der Waals surface area contributed by atoms with E-state index in [4.69, 9.17) is 0 Å². The van der Waals surface area contributed by atoms with Gasteiger partial charge in [-0.25, -0.2) is 0 Å². The highest BCUT2D eigenvalue weighted by molar-refractivity contribution is 7.26. The van der Waals surface area contributed by atoms with Crippen LogP contribution in [0.3, 0.4) is 0 Å². The Kier molecular flexibility index (Phi) is 9.54. The number of nitrogens with zero attached hydrogens (tertiary/aromatic N) is 2. The third-order valence-corrected chi connectivity index (χ3v) is 14.9. The van der Waals surface area contributed by atoms with Crippen LogP contribution in [-0.2, 0) is 0 Å². The lowest BCUT2D eigenvalue weighted by atomic mass is 9.93. The molecule has 0 saturated heterocycles. The maximum atomic E-state index is 2.53. The van der Waals surface area contributed by atoms with E-state index in [0.717, 1.165) is 17.8 Å². The number of hydrogen-bond acceptors (Lipinski definition) is 2. The Balaban J connectivity index is 0.891. The second-order valence-electron chi connectivity index (χ2n) is 17.6. The van der Waals surface area contributed by atoms with Crippen molar-refractivity contribution in [3.05, 3.63) is 254 Å². The number of aromatic nitrogens is 1. The molecule has 1 aliphatic carbocycles. The van der Waals surface area contributed by atoms with Gasteiger partial charge in [-0.3, -0.25) is 0 Å². The smallest absolute Gasteiger partial charge is 0.0640 e. The first-order chi connectivity index (χ1) is 33.2. The first-order valence-electron chi connectivity index (χ1n) is 23.2. The van der Waals surface area contributed by atoms with Crippen molar-refractivity contribution in [2.24, 2.45) is 0 Å². The standard InChI is InChI=1S/C64H44N2S/c1-2-14-43(15-3-1)45-34-38-50(39-35-45)65(51-40-36-46(37-41-51)44-30-32-48(33-31-44)54-23-11-17-47-16-4-5-20-53(47)54)52-19-10-18-49(42-52)55-24-12-27-60-63(55)58-22-6-8-26-59(58)66(60)61-28-13-25-57-56-21-7-9-29-62(56)67-64(57)61/h1-40,42,51H,41H2. The van der Waals surface area contributed by atoms with Crippen molar-refractivity contribution in [3.8, 4) is 39.1 Å². The minimum absolute atomic E-state index is 0.107. The van der Waals surface area contributed by atoms with E-state index in [-0.39, 0.29) is 6.04 Å². The molecule has 0 N–H and O–H groups in total. The molecule has 2 heterocycles. The van der Waals surface area contributed by atoms with Crippen LogP contribution in [0.25, 0.3) is 97.4 Å². The quantitative estimate of drug-likeness (QED) is 0.148. The summed E-state index contributed by atoms with van der Waals surface area (Å²) in [4.78, 5) is 2.53. The van der Waals surface area contributed by atoms with Gasteiger partial charge in [0.15, 0.2) is 0 Å². The Hall–Kier alpha value is -8.24. The Morgan fingerprint density at radius 1 is 0.433 bits per heavy atom. The van der Waals surface area contributed by atoms with Crippen LogP contribution in [0.5, 0.6) is 0 Å². The fourth-order valence-electron chi connectivity index (χ4n) is 10.6. The topological polar surface area (TPSA) is 8.17 Å². The predicted molar refractivity (Wildman–Crippen MR) is 288 cm³/mol. The van der Waals surface area contributed by atoms with Crippen LogP contribution in [0.1, 0.15) is 12.0 Å². The van der Waals surface area contributed by atoms with E-state index < -0.39 is 0 Å². The maximum Gasteiger partial charge on any atom is 0.0640 e. The van der Waals surface area contributed by atoms with Gasteiger partial charge in [-0.05, 0) is 110 Å². The zero-order valence-corrected chi connectivity index (χ0v) is 37.6. The molecule has 3 heteroatoms. The second-order valence-corrected chi connectivity index (χ2v) is 18.6. The lowest BCUT2D eigenvalue weighted by Crippen LogP contribution is -2.30. The van der Waals surface area contributed by atoms with E-state index >= 15 is 0 Å². The molecule has 1 aliphatic rings. The molecule has 13 rings (SSSR count). The van der Waals surface area contributed by atoms with Gasteiger partial charge in [0.25, 0.3) is 0 Å². The fourth-order valence-corrected chi connectivity index (χ4v) is 11.8. The highest BCUT2D eigenvalue weighted by Gasteiger charge is 2.23. The fraction of sp³-hybridized carbons (Fsp3) is 0.0312. The van der Waals surface area contributed by atoms with E-state index in [9.17, 15) is 0 Å². The minimum Gasteiger partial charge on any atom is -0.334 e. The SMILES string of the molecule is C1=CC(N(c2ccc(-c3ccccc3)cc2)c2cccc(-c3cccc4c3c3ccccc3n4-c3cccc4c3sc3ccccc34)c2)CC=C1c1ccc(-c2cccc3ccccc23)cc1. The van der Waals surface area contributed by atoms with Gasteiger partial charge in [0.2, 0.25) is 0 Å². The van der Waals surface area contributed by atoms with Gasteiger partial charge in [0.1, 0.15) is 0 Å². The molecule has 0 saturated carbocycles. The monoisotopic (exact) mass is 872 g/mol. The number of para-hydroxylation sites is 1. The Morgan fingerprint density at radius 2 is 1.06 bits per heavy atom. The van der Waals surface area contributed by atoms with Gasteiger partial charge in [-0.1, -0.05) is 200 Å².